The van der Waals surface area contributed by atoms with Gasteiger partial charge >= 0.3 is 0 Å². The zero-order chi connectivity index (χ0) is 19.5. The number of amides is 1. The molecule has 1 amide bonds. The van der Waals surface area contributed by atoms with Crippen molar-refractivity contribution >= 4 is 17.0 Å². The highest BCUT2D eigenvalue weighted by Crippen LogP contribution is 2.25. The molecule has 148 valence electrons. The topological polar surface area (TPSA) is 50.8 Å². The Labute approximate surface area is 165 Å². The van der Waals surface area contributed by atoms with Gasteiger partial charge < -0.3 is 23.5 Å². The first-order valence-corrected chi connectivity index (χ1v) is 9.95. The Hall–Kier alpha value is -2.73. The van der Waals surface area contributed by atoms with E-state index in [1.807, 2.05) is 58.9 Å². The molecule has 3 heterocycles. The molecule has 4 rings (SSSR count). The number of carbonyl (C=O) groups is 1. The summed E-state index contributed by atoms with van der Waals surface area (Å²) in [5.41, 5.74) is 2.38. The van der Waals surface area contributed by atoms with Gasteiger partial charge in [-0.15, -0.1) is 0 Å². The second-order valence-electron chi connectivity index (χ2n) is 7.18. The Balaban J connectivity index is 1.53. The number of furan rings is 1. The smallest absolute Gasteiger partial charge is 0.270 e. The summed E-state index contributed by atoms with van der Waals surface area (Å²) in [5.74, 6) is 1.75. The van der Waals surface area contributed by atoms with Gasteiger partial charge in [-0.05, 0) is 25.6 Å². The largest absolute Gasteiger partial charge is 0.492 e. The van der Waals surface area contributed by atoms with Crippen molar-refractivity contribution in [2.75, 3.05) is 39.3 Å². The molecule has 0 atom stereocenters. The van der Waals surface area contributed by atoms with Crippen LogP contribution in [0.5, 0.6) is 5.75 Å². The molecule has 1 saturated heterocycles. The first kappa shape index (κ1) is 18.6. The molecule has 1 aromatic carbocycles. The summed E-state index contributed by atoms with van der Waals surface area (Å²) >= 11 is 0. The molecule has 0 radical (unpaired) electrons. The van der Waals surface area contributed by atoms with Gasteiger partial charge in [0.05, 0.1) is 12.1 Å². The Bertz CT molecular complexity index is 937. The Morgan fingerprint density at radius 3 is 2.57 bits per heavy atom. The molecular weight excluding hydrogens is 354 g/mol. The predicted molar refractivity (Wildman–Crippen MR) is 109 cm³/mol. The fraction of sp³-hybridized carbons (Fsp3) is 0.409. The molecule has 6 heteroatoms. The fourth-order valence-corrected chi connectivity index (χ4v) is 3.78. The van der Waals surface area contributed by atoms with Crippen LogP contribution in [-0.2, 0) is 6.54 Å². The zero-order valence-corrected chi connectivity index (χ0v) is 16.6. The van der Waals surface area contributed by atoms with E-state index in [9.17, 15) is 4.79 Å². The minimum atomic E-state index is 0.0690. The molecule has 0 aliphatic carbocycles. The third kappa shape index (κ3) is 3.78. The highest BCUT2D eigenvalue weighted by Gasteiger charge is 2.25. The average Bonchev–Trinajstić information content (AvgIpc) is 3.25. The molecule has 1 aliphatic rings. The van der Waals surface area contributed by atoms with Crippen LogP contribution in [0.2, 0.25) is 0 Å². The minimum absolute atomic E-state index is 0.0690. The van der Waals surface area contributed by atoms with Crippen LogP contribution in [0.4, 0.5) is 0 Å². The van der Waals surface area contributed by atoms with Crippen LogP contribution in [0.25, 0.3) is 11.1 Å². The number of piperazine rings is 1. The summed E-state index contributed by atoms with van der Waals surface area (Å²) in [4.78, 5) is 17.5. The first-order valence-electron chi connectivity index (χ1n) is 9.95. The number of fused-ring (bicyclic) bond motifs is 1. The number of rotatable bonds is 6. The van der Waals surface area contributed by atoms with Gasteiger partial charge in [0.1, 0.15) is 23.8 Å². The second-order valence-corrected chi connectivity index (χ2v) is 7.18. The second kappa shape index (κ2) is 8.10. The molecular formula is C22H27N3O3. The number of benzene rings is 1. The van der Waals surface area contributed by atoms with Gasteiger partial charge in [-0.25, -0.2) is 0 Å². The van der Waals surface area contributed by atoms with Crippen LogP contribution in [0.15, 0.2) is 46.9 Å². The molecule has 1 aliphatic heterocycles. The third-order valence-electron chi connectivity index (χ3n) is 5.37. The van der Waals surface area contributed by atoms with Crippen LogP contribution in [0, 0.1) is 6.92 Å². The van der Waals surface area contributed by atoms with E-state index in [0.717, 1.165) is 55.3 Å². The fourth-order valence-electron chi connectivity index (χ4n) is 3.78. The van der Waals surface area contributed by atoms with E-state index < -0.39 is 0 Å². The van der Waals surface area contributed by atoms with Crippen LogP contribution in [-0.4, -0.2) is 59.6 Å². The number of carbonyl (C=O) groups excluding carboxylic acids is 1. The maximum absolute atomic E-state index is 13.2. The zero-order valence-electron chi connectivity index (χ0n) is 16.6. The average molecular weight is 381 g/mol. The Morgan fingerprint density at radius 2 is 1.86 bits per heavy atom. The lowest BCUT2D eigenvalue weighted by Gasteiger charge is -2.34. The summed E-state index contributed by atoms with van der Waals surface area (Å²) in [5, 5.41) is 0. The number of nitrogens with zero attached hydrogens (tertiary/aromatic N) is 3. The van der Waals surface area contributed by atoms with Crippen LogP contribution >= 0.6 is 0 Å². The molecule has 2 aromatic heterocycles. The van der Waals surface area contributed by atoms with E-state index in [1.54, 1.807) is 0 Å². The maximum Gasteiger partial charge on any atom is 0.270 e. The van der Waals surface area contributed by atoms with Crippen molar-refractivity contribution in [2.24, 2.45) is 0 Å². The van der Waals surface area contributed by atoms with Crippen LogP contribution in [0.3, 0.4) is 0 Å². The van der Waals surface area contributed by atoms with Gasteiger partial charge in [0.15, 0.2) is 5.58 Å². The minimum Gasteiger partial charge on any atom is -0.492 e. The predicted octanol–water partition coefficient (Wildman–Crippen LogP) is 3.40. The molecule has 28 heavy (non-hydrogen) atoms. The van der Waals surface area contributed by atoms with Crippen LogP contribution in [0.1, 0.15) is 23.2 Å². The SMILES string of the molecule is CCN1CCN(C(=O)c2cc3oc(C)cc3n2CCOc2ccccc2)CC1. The molecule has 0 bridgehead atoms. The van der Waals surface area contributed by atoms with E-state index in [0.29, 0.717) is 18.8 Å². The van der Waals surface area contributed by atoms with Crippen LogP contribution < -0.4 is 4.74 Å². The van der Waals surface area contributed by atoms with Gasteiger partial charge in [0, 0.05) is 38.3 Å². The van der Waals surface area contributed by atoms with E-state index in [2.05, 4.69) is 11.8 Å². The number of para-hydroxylation sites is 1. The number of hydrogen-bond donors (Lipinski definition) is 0. The highest BCUT2D eigenvalue weighted by atomic mass is 16.5. The third-order valence-corrected chi connectivity index (χ3v) is 5.37. The quantitative estimate of drug-likeness (QED) is 0.657. The molecule has 6 nitrogen and oxygen atoms in total. The van der Waals surface area contributed by atoms with E-state index in [-0.39, 0.29) is 5.91 Å². The Kier molecular flexibility index (Phi) is 5.39. The lowest BCUT2D eigenvalue weighted by Crippen LogP contribution is -2.48. The van der Waals surface area contributed by atoms with Gasteiger partial charge in [-0.2, -0.15) is 0 Å². The number of likely N-dealkylation sites (N-methyl/N-ethyl adjacent to an activating group) is 1. The monoisotopic (exact) mass is 381 g/mol. The summed E-state index contributed by atoms with van der Waals surface area (Å²) < 4.78 is 13.7. The first-order chi connectivity index (χ1) is 13.7. The number of ether oxygens (including phenoxy) is 1. The van der Waals surface area contributed by atoms with Crippen molar-refractivity contribution in [2.45, 2.75) is 20.4 Å². The number of aryl methyl sites for hydroxylation is 1. The van der Waals surface area contributed by atoms with Crippen molar-refractivity contribution in [3.8, 4) is 5.75 Å². The summed E-state index contributed by atoms with van der Waals surface area (Å²) in [7, 11) is 0. The van der Waals surface area contributed by atoms with E-state index in [4.69, 9.17) is 9.15 Å². The summed E-state index contributed by atoms with van der Waals surface area (Å²) in [6.07, 6.45) is 0. The van der Waals surface area contributed by atoms with Crippen molar-refractivity contribution in [3.63, 3.8) is 0 Å². The lowest BCUT2D eigenvalue weighted by molar-refractivity contribution is 0.0632. The maximum atomic E-state index is 13.2. The number of aromatic nitrogens is 1. The molecule has 0 N–H and O–H groups in total. The normalized spacial score (nSPS) is 15.3. The summed E-state index contributed by atoms with van der Waals surface area (Å²) in [6.45, 7) is 9.57. The van der Waals surface area contributed by atoms with E-state index >= 15 is 0 Å². The summed E-state index contributed by atoms with van der Waals surface area (Å²) in [6, 6.07) is 13.6. The molecule has 1 fully saturated rings. The van der Waals surface area contributed by atoms with Crippen molar-refractivity contribution in [1.82, 2.24) is 14.4 Å². The van der Waals surface area contributed by atoms with E-state index in [1.165, 1.54) is 0 Å². The lowest BCUT2D eigenvalue weighted by atomic mass is 10.2. The van der Waals surface area contributed by atoms with Gasteiger partial charge in [-0.3, -0.25) is 4.79 Å². The van der Waals surface area contributed by atoms with Crippen molar-refractivity contribution in [1.29, 1.82) is 0 Å². The molecule has 0 unspecified atom stereocenters. The Morgan fingerprint density at radius 1 is 1.11 bits per heavy atom. The van der Waals surface area contributed by atoms with Gasteiger partial charge in [-0.1, -0.05) is 25.1 Å². The van der Waals surface area contributed by atoms with Gasteiger partial charge in [0.2, 0.25) is 0 Å². The molecule has 0 saturated carbocycles. The van der Waals surface area contributed by atoms with Crippen molar-refractivity contribution in [3.05, 3.63) is 53.9 Å². The molecule has 0 spiro atoms. The van der Waals surface area contributed by atoms with Gasteiger partial charge in [0.25, 0.3) is 5.91 Å². The standard InChI is InChI=1S/C22H27N3O3/c1-3-23-9-11-24(12-10-23)22(26)20-16-21-19(15-17(2)28-21)25(20)13-14-27-18-7-5-4-6-8-18/h4-8,15-16H,3,9-14H2,1-2H3. The molecule has 3 aromatic rings. The highest BCUT2D eigenvalue weighted by molar-refractivity contribution is 5.97. The van der Waals surface area contributed by atoms with Crippen molar-refractivity contribution < 1.29 is 13.9 Å². The number of hydrogen-bond acceptors (Lipinski definition) is 4.